The summed E-state index contributed by atoms with van der Waals surface area (Å²) in [6.07, 6.45) is 0.890. The van der Waals surface area contributed by atoms with Crippen LogP contribution in [0.5, 0.6) is 5.75 Å². The summed E-state index contributed by atoms with van der Waals surface area (Å²) in [6, 6.07) is 11.3. The fourth-order valence-electron chi connectivity index (χ4n) is 3.01. The SMILES string of the molecule is CNC(=O)C(C)N(Cc1cccc(OC)c1)C(=O)CN(c1ccccc1F)S(C)(=O)=O. The normalized spacial score (nSPS) is 12.0. The molecule has 0 saturated heterocycles. The van der Waals surface area contributed by atoms with E-state index in [4.69, 9.17) is 4.74 Å². The number of carbonyl (C=O) groups excluding carboxylic acids is 2. The Morgan fingerprint density at radius 1 is 1.16 bits per heavy atom. The number of hydrogen-bond acceptors (Lipinski definition) is 5. The van der Waals surface area contributed by atoms with E-state index in [-0.39, 0.29) is 12.2 Å². The van der Waals surface area contributed by atoms with Gasteiger partial charge in [-0.3, -0.25) is 13.9 Å². The van der Waals surface area contributed by atoms with Crippen molar-refractivity contribution in [3.05, 3.63) is 59.9 Å². The summed E-state index contributed by atoms with van der Waals surface area (Å²) in [5.74, 6) is -1.29. The molecule has 168 valence electrons. The van der Waals surface area contributed by atoms with Crippen molar-refractivity contribution in [3.63, 3.8) is 0 Å². The van der Waals surface area contributed by atoms with Gasteiger partial charge in [0.2, 0.25) is 21.8 Å². The molecule has 0 bridgehead atoms. The monoisotopic (exact) mass is 451 g/mol. The highest BCUT2D eigenvalue weighted by Crippen LogP contribution is 2.22. The van der Waals surface area contributed by atoms with E-state index >= 15 is 0 Å². The highest BCUT2D eigenvalue weighted by molar-refractivity contribution is 7.92. The number of likely N-dealkylation sites (N-methyl/N-ethyl adjacent to an activating group) is 1. The van der Waals surface area contributed by atoms with Crippen molar-refractivity contribution in [1.82, 2.24) is 10.2 Å². The van der Waals surface area contributed by atoms with E-state index in [0.717, 1.165) is 12.3 Å². The Hall–Kier alpha value is -3.14. The summed E-state index contributed by atoms with van der Waals surface area (Å²) >= 11 is 0. The quantitative estimate of drug-likeness (QED) is 0.627. The number of rotatable bonds is 9. The standard InChI is InChI=1S/C21H26FN3O5S/c1-15(21(27)23-2)24(13-16-8-7-9-17(12-16)30-3)20(26)14-25(31(4,28)29)19-11-6-5-10-18(19)22/h5-12,15H,13-14H2,1-4H3,(H,23,27). The lowest BCUT2D eigenvalue weighted by atomic mass is 10.1. The largest absolute Gasteiger partial charge is 0.497 e. The molecule has 0 aliphatic heterocycles. The molecule has 1 N–H and O–H groups in total. The van der Waals surface area contributed by atoms with Gasteiger partial charge in [0.15, 0.2) is 0 Å². The Kier molecular flexibility index (Phi) is 7.98. The third-order valence-electron chi connectivity index (χ3n) is 4.70. The summed E-state index contributed by atoms with van der Waals surface area (Å²) in [7, 11) is -1.03. The van der Waals surface area contributed by atoms with Crippen LogP contribution in [0, 0.1) is 5.82 Å². The van der Waals surface area contributed by atoms with Gasteiger partial charge in [-0.1, -0.05) is 24.3 Å². The fourth-order valence-corrected chi connectivity index (χ4v) is 3.86. The van der Waals surface area contributed by atoms with Crippen molar-refractivity contribution in [2.24, 2.45) is 0 Å². The lowest BCUT2D eigenvalue weighted by molar-refractivity contribution is -0.139. The minimum atomic E-state index is -3.98. The lowest BCUT2D eigenvalue weighted by Crippen LogP contribution is -2.50. The van der Waals surface area contributed by atoms with Gasteiger partial charge in [-0.05, 0) is 36.8 Å². The second-order valence-corrected chi connectivity index (χ2v) is 8.79. The number of hydrogen-bond donors (Lipinski definition) is 1. The number of benzene rings is 2. The third-order valence-corrected chi connectivity index (χ3v) is 5.83. The van der Waals surface area contributed by atoms with E-state index in [1.54, 1.807) is 24.3 Å². The number of ether oxygens (including phenoxy) is 1. The molecule has 0 heterocycles. The molecular formula is C21H26FN3O5S. The van der Waals surface area contributed by atoms with Crippen LogP contribution >= 0.6 is 0 Å². The van der Waals surface area contributed by atoms with Crippen molar-refractivity contribution in [3.8, 4) is 5.75 Å². The number of nitrogens with one attached hydrogen (secondary N) is 1. The zero-order valence-electron chi connectivity index (χ0n) is 17.8. The van der Waals surface area contributed by atoms with Gasteiger partial charge >= 0.3 is 0 Å². The maximum atomic E-state index is 14.3. The molecule has 0 spiro atoms. The van der Waals surface area contributed by atoms with Crippen LogP contribution in [0.4, 0.5) is 10.1 Å². The number of methoxy groups -OCH3 is 1. The number of amides is 2. The van der Waals surface area contributed by atoms with Gasteiger partial charge in [0.25, 0.3) is 0 Å². The molecule has 31 heavy (non-hydrogen) atoms. The number of para-hydroxylation sites is 1. The Balaban J connectivity index is 2.40. The lowest BCUT2D eigenvalue weighted by Gasteiger charge is -2.31. The first kappa shape index (κ1) is 24.1. The maximum absolute atomic E-state index is 14.3. The Morgan fingerprint density at radius 2 is 1.84 bits per heavy atom. The van der Waals surface area contributed by atoms with Gasteiger partial charge in [-0.2, -0.15) is 0 Å². The first-order valence-corrected chi connectivity index (χ1v) is 11.3. The Morgan fingerprint density at radius 3 is 2.42 bits per heavy atom. The van der Waals surface area contributed by atoms with Crippen LogP contribution in [0.25, 0.3) is 0 Å². The number of sulfonamides is 1. The number of nitrogens with zero attached hydrogens (tertiary/aromatic N) is 2. The Labute approximate surface area is 181 Å². The van der Waals surface area contributed by atoms with Crippen LogP contribution in [0.15, 0.2) is 48.5 Å². The third kappa shape index (κ3) is 6.17. The highest BCUT2D eigenvalue weighted by atomic mass is 32.2. The minimum absolute atomic E-state index is 0.0273. The molecule has 1 atom stereocenters. The highest BCUT2D eigenvalue weighted by Gasteiger charge is 2.30. The zero-order valence-corrected chi connectivity index (χ0v) is 18.6. The fraction of sp³-hybridized carbons (Fsp3) is 0.333. The predicted molar refractivity (Wildman–Crippen MR) is 116 cm³/mol. The summed E-state index contributed by atoms with van der Waals surface area (Å²) in [5.41, 5.74) is 0.438. The first-order valence-electron chi connectivity index (χ1n) is 9.44. The molecule has 0 aliphatic rings. The topological polar surface area (TPSA) is 96.0 Å². The van der Waals surface area contributed by atoms with Crippen molar-refractivity contribution in [1.29, 1.82) is 0 Å². The summed E-state index contributed by atoms with van der Waals surface area (Å²) < 4.78 is 44.8. The van der Waals surface area contributed by atoms with E-state index in [1.165, 1.54) is 44.2 Å². The number of halogens is 1. The number of anilines is 1. The molecule has 2 aromatic carbocycles. The maximum Gasteiger partial charge on any atom is 0.244 e. The van der Waals surface area contributed by atoms with Crippen molar-refractivity contribution in [2.75, 3.05) is 31.3 Å². The van der Waals surface area contributed by atoms with E-state index in [2.05, 4.69) is 5.32 Å². The molecule has 10 heteroatoms. The van der Waals surface area contributed by atoms with E-state index in [1.807, 2.05) is 0 Å². The summed E-state index contributed by atoms with van der Waals surface area (Å²) in [5, 5.41) is 2.48. The van der Waals surface area contributed by atoms with Gasteiger partial charge in [0.1, 0.15) is 24.2 Å². The van der Waals surface area contributed by atoms with Gasteiger partial charge in [0, 0.05) is 13.6 Å². The van der Waals surface area contributed by atoms with Crippen molar-refractivity contribution >= 4 is 27.5 Å². The van der Waals surface area contributed by atoms with Crippen LogP contribution in [0.3, 0.4) is 0 Å². The molecule has 2 rings (SSSR count). The molecular weight excluding hydrogens is 425 g/mol. The minimum Gasteiger partial charge on any atom is -0.497 e. The van der Waals surface area contributed by atoms with Gasteiger partial charge in [0.05, 0.1) is 19.1 Å². The van der Waals surface area contributed by atoms with Gasteiger partial charge in [-0.25, -0.2) is 12.8 Å². The molecule has 0 aromatic heterocycles. The van der Waals surface area contributed by atoms with E-state index in [0.29, 0.717) is 15.6 Å². The molecule has 1 unspecified atom stereocenters. The molecule has 2 aromatic rings. The van der Waals surface area contributed by atoms with Crippen LogP contribution in [-0.2, 0) is 26.2 Å². The molecule has 8 nitrogen and oxygen atoms in total. The summed E-state index contributed by atoms with van der Waals surface area (Å²) in [6.45, 7) is 0.898. The average Bonchev–Trinajstić information content (AvgIpc) is 2.74. The van der Waals surface area contributed by atoms with E-state index in [9.17, 15) is 22.4 Å². The van der Waals surface area contributed by atoms with Gasteiger partial charge in [-0.15, -0.1) is 0 Å². The summed E-state index contributed by atoms with van der Waals surface area (Å²) in [4.78, 5) is 26.7. The van der Waals surface area contributed by atoms with E-state index < -0.39 is 40.2 Å². The molecule has 2 amide bonds. The van der Waals surface area contributed by atoms with Crippen LogP contribution in [0.2, 0.25) is 0 Å². The first-order chi connectivity index (χ1) is 14.6. The van der Waals surface area contributed by atoms with Crippen LogP contribution in [-0.4, -0.2) is 58.1 Å². The predicted octanol–water partition coefficient (Wildman–Crippen LogP) is 1.76. The second kappa shape index (κ2) is 10.3. The smallest absolute Gasteiger partial charge is 0.244 e. The van der Waals surface area contributed by atoms with Crippen molar-refractivity contribution in [2.45, 2.75) is 19.5 Å². The average molecular weight is 452 g/mol. The molecule has 0 radical (unpaired) electrons. The van der Waals surface area contributed by atoms with Crippen LogP contribution in [0.1, 0.15) is 12.5 Å². The van der Waals surface area contributed by atoms with Crippen LogP contribution < -0.4 is 14.4 Å². The molecule has 0 saturated carbocycles. The molecule has 0 fully saturated rings. The molecule has 0 aliphatic carbocycles. The van der Waals surface area contributed by atoms with Gasteiger partial charge < -0.3 is 15.0 Å². The number of carbonyl (C=O) groups is 2. The zero-order chi connectivity index (χ0) is 23.2. The Bertz CT molecular complexity index is 1040. The van der Waals surface area contributed by atoms with Crippen molar-refractivity contribution < 1.29 is 27.1 Å². The second-order valence-electron chi connectivity index (χ2n) is 6.88.